The van der Waals surface area contributed by atoms with E-state index in [0.29, 0.717) is 5.89 Å². The van der Waals surface area contributed by atoms with Gasteiger partial charge in [-0.05, 0) is 44.0 Å². The van der Waals surface area contributed by atoms with Crippen LogP contribution in [0.3, 0.4) is 0 Å². The predicted molar refractivity (Wildman–Crippen MR) is 105 cm³/mol. The minimum atomic E-state index is 0.589. The minimum absolute atomic E-state index is 0.589. The molecule has 0 amide bonds. The quantitative estimate of drug-likeness (QED) is 0.459. The first-order chi connectivity index (χ1) is 12.6. The molecule has 3 heteroatoms. The van der Waals surface area contributed by atoms with E-state index < -0.39 is 0 Å². The molecule has 0 spiro atoms. The smallest absolute Gasteiger partial charge is 0.228 e. The molecule has 128 valence electrons. The van der Waals surface area contributed by atoms with Gasteiger partial charge >= 0.3 is 0 Å². The molecule has 3 nitrogen and oxygen atoms in total. The Morgan fingerprint density at radius 2 is 1.50 bits per heavy atom. The summed E-state index contributed by atoms with van der Waals surface area (Å²) in [5.74, 6) is 1.38. The van der Waals surface area contributed by atoms with Crippen molar-refractivity contribution in [1.29, 1.82) is 0 Å². The third-order valence-corrected chi connectivity index (χ3v) is 4.49. The first-order valence-corrected chi connectivity index (χ1v) is 8.68. The number of benzene rings is 2. The van der Waals surface area contributed by atoms with Gasteiger partial charge in [0.15, 0.2) is 5.76 Å². The van der Waals surface area contributed by atoms with Gasteiger partial charge in [-0.25, -0.2) is 4.98 Å². The van der Waals surface area contributed by atoms with Crippen molar-refractivity contribution < 1.29 is 4.42 Å². The van der Waals surface area contributed by atoms with Crippen molar-refractivity contribution in [3.63, 3.8) is 0 Å². The van der Waals surface area contributed by atoms with E-state index in [9.17, 15) is 0 Å². The Morgan fingerprint density at radius 1 is 0.808 bits per heavy atom. The second-order valence-corrected chi connectivity index (χ2v) is 6.58. The van der Waals surface area contributed by atoms with E-state index in [-0.39, 0.29) is 0 Å². The molecule has 0 radical (unpaired) electrons. The summed E-state index contributed by atoms with van der Waals surface area (Å²) >= 11 is 0. The summed E-state index contributed by atoms with van der Waals surface area (Å²) in [6.45, 7) is 6.37. The maximum absolute atomic E-state index is 6.23. The van der Waals surface area contributed by atoms with Crippen LogP contribution in [0.15, 0.2) is 71.4 Å². The maximum atomic E-state index is 6.23. The maximum Gasteiger partial charge on any atom is 0.228 e. The zero-order chi connectivity index (χ0) is 18.1. The Labute approximate surface area is 153 Å². The molecular weight excluding hydrogens is 320 g/mol. The normalized spacial score (nSPS) is 10.9. The fourth-order valence-corrected chi connectivity index (χ4v) is 3.44. The van der Waals surface area contributed by atoms with Gasteiger partial charge in [-0.1, -0.05) is 48.0 Å². The largest absolute Gasteiger partial charge is 0.435 e. The molecule has 0 atom stereocenters. The molecule has 4 rings (SSSR count). The number of pyridine rings is 1. The van der Waals surface area contributed by atoms with Crippen LogP contribution < -0.4 is 0 Å². The third-order valence-electron chi connectivity index (χ3n) is 4.49. The predicted octanol–water partition coefficient (Wildman–Crippen LogP) is 6.00. The second kappa shape index (κ2) is 6.60. The van der Waals surface area contributed by atoms with Gasteiger partial charge < -0.3 is 4.42 Å². The van der Waals surface area contributed by atoms with E-state index in [4.69, 9.17) is 9.40 Å². The number of aryl methyl sites for hydroxylation is 3. The van der Waals surface area contributed by atoms with Crippen LogP contribution in [0.2, 0.25) is 0 Å². The number of oxazole rings is 1. The van der Waals surface area contributed by atoms with Crippen LogP contribution in [0.5, 0.6) is 0 Å². The Hall–Kier alpha value is -3.20. The molecule has 0 aliphatic rings. The number of rotatable bonds is 3. The van der Waals surface area contributed by atoms with Crippen LogP contribution in [0.4, 0.5) is 0 Å². The summed E-state index contributed by atoms with van der Waals surface area (Å²) in [7, 11) is 0. The minimum Gasteiger partial charge on any atom is -0.435 e. The lowest BCUT2D eigenvalue weighted by Crippen LogP contribution is -1.92. The van der Waals surface area contributed by atoms with E-state index in [1.54, 1.807) is 12.4 Å². The Kier molecular flexibility index (Phi) is 4.13. The molecule has 0 bridgehead atoms. The van der Waals surface area contributed by atoms with Gasteiger partial charge in [-0.2, -0.15) is 0 Å². The highest BCUT2D eigenvalue weighted by atomic mass is 16.4. The van der Waals surface area contributed by atoms with E-state index >= 15 is 0 Å². The van der Waals surface area contributed by atoms with Crippen LogP contribution >= 0.6 is 0 Å². The molecule has 2 aromatic carbocycles. The van der Waals surface area contributed by atoms with E-state index in [1.165, 1.54) is 16.7 Å². The lowest BCUT2D eigenvalue weighted by Gasteiger charge is -2.10. The summed E-state index contributed by atoms with van der Waals surface area (Å²) in [5, 5.41) is 0. The van der Waals surface area contributed by atoms with Crippen LogP contribution in [0.25, 0.3) is 34.0 Å². The van der Waals surface area contributed by atoms with E-state index in [2.05, 4.69) is 50.0 Å². The SMILES string of the molecule is Cc1cc(C)c(-c2nc(-c3cccnc3)oc2-c2ccccc2)c(C)c1. The van der Waals surface area contributed by atoms with Crippen molar-refractivity contribution in [2.75, 3.05) is 0 Å². The van der Waals surface area contributed by atoms with E-state index in [0.717, 1.165) is 28.1 Å². The van der Waals surface area contributed by atoms with Crippen molar-refractivity contribution in [3.8, 4) is 34.0 Å². The van der Waals surface area contributed by atoms with Crippen molar-refractivity contribution >= 4 is 0 Å². The lowest BCUT2D eigenvalue weighted by atomic mass is 9.95. The number of nitrogens with zero attached hydrogens (tertiary/aromatic N) is 2. The molecule has 2 aromatic heterocycles. The topological polar surface area (TPSA) is 38.9 Å². The van der Waals surface area contributed by atoms with Gasteiger partial charge in [0, 0.05) is 23.5 Å². The molecular formula is C23H20N2O. The van der Waals surface area contributed by atoms with Crippen LogP contribution in [-0.4, -0.2) is 9.97 Å². The summed E-state index contributed by atoms with van der Waals surface area (Å²) in [5.41, 5.74) is 7.55. The summed E-state index contributed by atoms with van der Waals surface area (Å²) in [6, 6.07) is 18.4. The zero-order valence-corrected chi connectivity index (χ0v) is 15.2. The van der Waals surface area contributed by atoms with Crippen molar-refractivity contribution in [2.45, 2.75) is 20.8 Å². The van der Waals surface area contributed by atoms with Gasteiger partial charge in [0.05, 0.1) is 5.56 Å². The van der Waals surface area contributed by atoms with Crippen molar-refractivity contribution in [2.24, 2.45) is 0 Å². The van der Waals surface area contributed by atoms with Gasteiger partial charge in [0.1, 0.15) is 5.69 Å². The highest BCUT2D eigenvalue weighted by molar-refractivity contribution is 5.82. The Bertz CT molecular complexity index is 1030. The lowest BCUT2D eigenvalue weighted by molar-refractivity contribution is 0.589. The zero-order valence-electron chi connectivity index (χ0n) is 15.2. The average Bonchev–Trinajstić information content (AvgIpc) is 3.07. The van der Waals surface area contributed by atoms with Crippen molar-refractivity contribution in [1.82, 2.24) is 9.97 Å². The van der Waals surface area contributed by atoms with Crippen LogP contribution in [-0.2, 0) is 0 Å². The summed E-state index contributed by atoms with van der Waals surface area (Å²) < 4.78 is 6.23. The third kappa shape index (κ3) is 2.93. The molecule has 0 N–H and O–H groups in total. The molecule has 0 aliphatic carbocycles. The van der Waals surface area contributed by atoms with Gasteiger partial charge in [0.2, 0.25) is 5.89 Å². The molecule has 0 saturated carbocycles. The van der Waals surface area contributed by atoms with Crippen molar-refractivity contribution in [3.05, 3.63) is 83.7 Å². The number of hydrogen-bond acceptors (Lipinski definition) is 3. The van der Waals surface area contributed by atoms with Gasteiger partial charge in [-0.3, -0.25) is 4.98 Å². The summed E-state index contributed by atoms with van der Waals surface area (Å²) in [4.78, 5) is 9.06. The standard InChI is InChI=1S/C23H20N2O/c1-15-12-16(2)20(17(3)13-15)21-22(18-8-5-4-6-9-18)26-23(25-21)19-10-7-11-24-14-19/h4-14H,1-3H3. The van der Waals surface area contributed by atoms with Gasteiger partial charge in [0.25, 0.3) is 0 Å². The number of aromatic nitrogens is 2. The molecule has 0 fully saturated rings. The van der Waals surface area contributed by atoms with Crippen LogP contribution in [0, 0.1) is 20.8 Å². The Balaban J connectivity index is 1.98. The fourth-order valence-electron chi connectivity index (χ4n) is 3.44. The average molecular weight is 340 g/mol. The first-order valence-electron chi connectivity index (χ1n) is 8.68. The fraction of sp³-hybridized carbons (Fsp3) is 0.130. The molecule has 0 saturated heterocycles. The molecule has 4 aromatic rings. The van der Waals surface area contributed by atoms with Gasteiger partial charge in [-0.15, -0.1) is 0 Å². The number of hydrogen-bond donors (Lipinski definition) is 0. The molecule has 2 heterocycles. The first kappa shape index (κ1) is 16.3. The Morgan fingerprint density at radius 3 is 2.15 bits per heavy atom. The monoisotopic (exact) mass is 340 g/mol. The molecule has 26 heavy (non-hydrogen) atoms. The highest BCUT2D eigenvalue weighted by Crippen LogP contribution is 2.38. The molecule has 0 aliphatic heterocycles. The van der Waals surface area contributed by atoms with E-state index in [1.807, 2.05) is 30.3 Å². The second-order valence-electron chi connectivity index (χ2n) is 6.58. The van der Waals surface area contributed by atoms with Crippen LogP contribution in [0.1, 0.15) is 16.7 Å². The molecule has 0 unspecified atom stereocenters. The highest BCUT2D eigenvalue weighted by Gasteiger charge is 2.20. The summed E-state index contributed by atoms with van der Waals surface area (Å²) in [6.07, 6.45) is 3.53.